The van der Waals surface area contributed by atoms with Gasteiger partial charge < -0.3 is 25.0 Å². The van der Waals surface area contributed by atoms with E-state index in [9.17, 15) is 9.59 Å². The van der Waals surface area contributed by atoms with Crippen LogP contribution in [-0.2, 0) is 16.1 Å². The SMILES string of the molecule is C[C@H](C(=O)NCc1ccc2c(c1)OCO2)[NH+](C)CC(=O)NC1CC1. The molecule has 130 valence electrons. The zero-order chi connectivity index (χ0) is 17.1. The van der Waals surface area contributed by atoms with Crippen molar-refractivity contribution in [2.75, 3.05) is 20.4 Å². The van der Waals surface area contributed by atoms with Crippen molar-refractivity contribution in [3.63, 3.8) is 0 Å². The maximum atomic E-state index is 12.3. The molecule has 2 atom stereocenters. The zero-order valence-corrected chi connectivity index (χ0v) is 14.1. The van der Waals surface area contributed by atoms with Gasteiger partial charge >= 0.3 is 0 Å². The first-order chi connectivity index (χ1) is 11.5. The van der Waals surface area contributed by atoms with Crippen LogP contribution in [0, 0.1) is 0 Å². The number of benzene rings is 1. The monoisotopic (exact) mass is 334 g/mol. The van der Waals surface area contributed by atoms with Gasteiger partial charge in [0.15, 0.2) is 24.1 Å². The maximum Gasteiger partial charge on any atom is 0.278 e. The summed E-state index contributed by atoms with van der Waals surface area (Å²) in [5, 5.41) is 5.85. The highest BCUT2D eigenvalue weighted by atomic mass is 16.7. The molecule has 1 aliphatic heterocycles. The Morgan fingerprint density at radius 1 is 1.29 bits per heavy atom. The molecule has 2 aliphatic rings. The molecule has 3 N–H and O–H groups in total. The van der Waals surface area contributed by atoms with Crippen LogP contribution in [0.1, 0.15) is 25.3 Å². The summed E-state index contributed by atoms with van der Waals surface area (Å²) in [6, 6.07) is 5.65. The quantitative estimate of drug-likeness (QED) is 0.611. The Hall–Kier alpha value is -2.28. The number of hydrogen-bond acceptors (Lipinski definition) is 4. The van der Waals surface area contributed by atoms with Gasteiger partial charge in [-0.2, -0.15) is 0 Å². The largest absolute Gasteiger partial charge is 0.454 e. The molecule has 0 radical (unpaired) electrons. The molecule has 24 heavy (non-hydrogen) atoms. The third-order valence-electron chi connectivity index (χ3n) is 4.42. The molecular weight excluding hydrogens is 310 g/mol. The van der Waals surface area contributed by atoms with E-state index in [1.807, 2.05) is 32.2 Å². The molecule has 0 spiro atoms. The van der Waals surface area contributed by atoms with E-state index in [-0.39, 0.29) is 24.6 Å². The van der Waals surface area contributed by atoms with Crippen molar-refractivity contribution in [3.8, 4) is 11.5 Å². The summed E-state index contributed by atoms with van der Waals surface area (Å²) in [6.45, 7) is 2.78. The summed E-state index contributed by atoms with van der Waals surface area (Å²) in [4.78, 5) is 25.0. The summed E-state index contributed by atoms with van der Waals surface area (Å²) in [5.41, 5.74) is 0.948. The van der Waals surface area contributed by atoms with Crippen molar-refractivity contribution < 1.29 is 24.0 Å². The first-order valence-electron chi connectivity index (χ1n) is 8.31. The number of likely N-dealkylation sites (N-methyl/N-ethyl adjacent to an activating group) is 1. The molecule has 1 aromatic rings. The van der Waals surface area contributed by atoms with E-state index in [0.717, 1.165) is 29.1 Å². The minimum Gasteiger partial charge on any atom is -0.454 e. The summed E-state index contributed by atoms with van der Waals surface area (Å²) in [7, 11) is 1.86. The second-order valence-corrected chi connectivity index (χ2v) is 6.49. The van der Waals surface area contributed by atoms with E-state index in [0.29, 0.717) is 24.9 Å². The van der Waals surface area contributed by atoms with Crippen LogP contribution in [0.4, 0.5) is 0 Å². The Labute approximate surface area is 141 Å². The van der Waals surface area contributed by atoms with Crippen molar-refractivity contribution in [3.05, 3.63) is 23.8 Å². The van der Waals surface area contributed by atoms with Gasteiger partial charge in [-0.3, -0.25) is 9.59 Å². The Bertz CT molecular complexity index is 630. The molecule has 2 amide bonds. The molecule has 1 aliphatic carbocycles. The number of fused-ring (bicyclic) bond motifs is 1. The van der Waals surface area contributed by atoms with Crippen LogP contribution < -0.4 is 25.0 Å². The molecule has 1 unspecified atom stereocenters. The molecule has 1 saturated carbocycles. The van der Waals surface area contributed by atoms with Crippen LogP contribution >= 0.6 is 0 Å². The molecule has 1 heterocycles. The fourth-order valence-corrected chi connectivity index (χ4v) is 2.53. The van der Waals surface area contributed by atoms with Gasteiger partial charge in [0, 0.05) is 12.6 Å². The van der Waals surface area contributed by atoms with E-state index in [1.54, 1.807) is 0 Å². The Balaban J connectivity index is 1.45. The number of nitrogens with one attached hydrogen (secondary N) is 3. The number of rotatable bonds is 7. The third kappa shape index (κ3) is 4.17. The van der Waals surface area contributed by atoms with Gasteiger partial charge in [-0.25, -0.2) is 0 Å². The van der Waals surface area contributed by atoms with E-state index in [1.165, 1.54) is 0 Å². The second-order valence-electron chi connectivity index (χ2n) is 6.49. The fraction of sp³-hybridized carbons (Fsp3) is 0.529. The van der Waals surface area contributed by atoms with Crippen molar-refractivity contribution in [2.45, 2.75) is 38.4 Å². The number of quaternary nitrogens is 1. The van der Waals surface area contributed by atoms with Crippen LogP contribution in [0.15, 0.2) is 18.2 Å². The molecule has 3 rings (SSSR count). The lowest BCUT2D eigenvalue weighted by atomic mass is 10.2. The number of carbonyl (C=O) groups excluding carboxylic acids is 2. The van der Waals surface area contributed by atoms with Crippen LogP contribution in [0.3, 0.4) is 0 Å². The molecule has 0 saturated heterocycles. The minimum absolute atomic E-state index is 0.00502. The van der Waals surface area contributed by atoms with Crippen molar-refractivity contribution in [1.29, 1.82) is 0 Å². The van der Waals surface area contributed by atoms with Gasteiger partial charge in [0.2, 0.25) is 6.79 Å². The molecule has 0 bridgehead atoms. The Kier molecular flexibility index (Phi) is 4.89. The predicted molar refractivity (Wildman–Crippen MR) is 86.8 cm³/mol. The first-order valence-corrected chi connectivity index (χ1v) is 8.31. The highest BCUT2D eigenvalue weighted by molar-refractivity contribution is 5.81. The van der Waals surface area contributed by atoms with E-state index >= 15 is 0 Å². The number of carbonyl (C=O) groups is 2. The minimum atomic E-state index is -0.302. The molecule has 7 nitrogen and oxygen atoms in total. The lowest BCUT2D eigenvalue weighted by Gasteiger charge is -2.20. The smallest absolute Gasteiger partial charge is 0.278 e. The standard InChI is InChI=1S/C17H23N3O4/c1-11(20(2)9-16(21)19-13-4-5-13)17(22)18-8-12-3-6-14-15(7-12)24-10-23-14/h3,6-7,11,13H,4-5,8-10H2,1-2H3,(H,18,22)(H,19,21)/p+1/t11-/m1/s1. The van der Waals surface area contributed by atoms with Crippen LogP contribution in [0.5, 0.6) is 11.5 Å². The van der Waals surface area contributed by atoms with Crippen molar-refractivity contribution in [1.82, 2.24) is 10.6 Å². The fourth-order valence-electron chi connectivity index (χ4n) is 2.53. The summed E-state index contributed by atoms with van der Waals surface area (Å²) < 4.78 is 10.6. The van der Waals surface area contributed by atoms with Gasteiger partial charge in [-0.1, -0.05) is 6.07 Å². The lowest BCUT2D eigenvalue weighted by Crippen LogP contribution is -3.15. The molecule has 1 aromatic carbocycles. The maximum absolute atomic E-state index is 12.3. The molecule has 7 heteroatoms. The third-order valence-corrected chi connectivity index (χ3v) is 4.42. The van der Waals surface area contributed by atoms with Gasteiger partial charge in [-0.05, 0) is 37.5 Å². The Morgan fingerprint density at radius 2 is 2.04 bits per heavy atom. The van der Waals surface area contributed by atoms with Crippen LogP contribution in [0.2, 0.25) is 0 Å². The predicted octanol–water partition coefficient (Wildman–Crippen LogP) is -0.787. The first kappa shape index (κ1) is 16.6. The summed E-state index contributed by atoms with van der Waals surface area (Å²) in [6.07, 6.45) is 2.13. The average Bonchev–Trinajstić information content (AvgIpc) is 3.24. The van der Waals surface area contributed by atoms with E-state index < -0.39 is 0 Å². The molecule has 1 fully saturated rings. The van der Waals surface area contributed by atoms with E-state index in [2.05, 4.69) is 10.6 Å². The highest BCUT2D eigenvalue weighted by Gasteiger charge is 2.27. The topological polar surface area (TPSA) is 81.1 Å². The molecular formula is C17H24N3O4+. The zero-order valence-electron chi connectivity index (χ0n) is 14.1. The summed E-state index contributed by atoms with van der Waals surface area (Å²) >= 11 is 0. The van der Waals surface area contributed by atoms with Crippen molar-refractivity contribution >= 4 is 11.8 Å². The van der Waals surface area contributed by atoms with E-state index in [4.69, 9.17) is 9.47 Å². The van der Waals surface area contributed by atoms with Gasteiger partial charge in [0.25, 0.3) is 11.8 Å². The van der Waals surface area contributed by atoms with Crippen LogP contribution in [-0.4, -0.2) is 44.3 Å². The highest BCUT2D eigenvalue weighted by Crippen LogP contribution is 2.32. The number of hydrogen-bond donors (Lipinski definition) is 3. The van der Waals surface area contributed by atoms with Crippen LogP contribution in [0.25, 0.3) is 0 Å². The van der Waals surface area contributed by atoms with Gasteiger partial charge in [-0.15, -0.1) is 0 Å². The summed E-state index contributed by atoms with van der Waals surface area (Å²) in [5.74, 6) is 1.35. The number of ether oxygens (including phenoxy) is 2. The van der Waals surface area contributed by atoms with Gasteiger partial charge in [0.05, 0.1) is 7.05 Å². The molecule has 0 aromatic heterocycles. The average molecular weight is 334 g/mol. The Morgan fingerprint density at radius 3 is 2.79 bits per heavy atom. The van der Waals surface area contributed by atoms with Gasteiger partial charge in [0.1, 0.15) is 0 Å². The number of amides is 2. The van der Waals surface area contributed by atoms with Crippen molar-refractivity contribution in [2.24, 2.45) is 0 Å². The normalized spacial score (nSPS) is 17.9. The lowest BCUT2D eigenvalue weighted by molar-refractivity contribution is -0.886. The second kappa shape index (κ2) is 7.09.